The summed E-state index contributed by atoms with van der Waals surface area (Å²) in [5.41, 5.74) is 2.09. The third-order valence-electron chi connectivity index (χ3n) is 3.76. The zero-order valence-corrected chi connectivity index (χ0v) is 16.5. The molecule has 0 aliphatic heterocycles. The highest BCUT2D eigenvalue weighted by molar-refractivity contribution is 9.10. The van der Waals surface area contributed by atoms with Gasteiger partial charge in [-0.3, -0.25) is 0 Å². The molecule has 28 heavy (non-hydrogen) atoms. The van der Waals surface area contributed by atoms with Crippen LogP contribution in [0.1, 0.15) is 18.3 Å². The third-order valence-corrected chi connectivity index (χ3v) is 4.35. The first-order valence-electron chi connectivity index (χ1n) is 8.35. The molecule has 0 aliphatic rings. The first-order valence-corrected chi connectivity index (χ1v) is 9.15. The van der Waals surface area contributed by atoms with Gasteiger partial charge in [0.15, 0.2) is 11.5 Å². The lowest BCUT2D eigenvalue weighted by Crippen LogP contribution is -2.00. The largest absolute Gasteiger partial charge is 0.490 e. The molecule has 0 amide bonds. The Kier molecular flexibility index (Phi) is 5.98. The average molecular weight is 440 g/mol. The molecular formula is C21H15BrFN3O2. The summed E-state index contributed by atoms with van der Waals surface area (Å²) in [7, 11) is 0. The third kappa shape index (κ3) is 4.16. The van der Waals surface area contributed by atoms with Gasteiger partial charge in [-0.25, -0.2) is 9.37 Å². The van der Waals surface area contributed by atoms with Crippen LogP contribution in [0.3, 0.4) is 0 Å². The topological polar surface area (TPSA) is 70.9 Å². The highest BCUT2D eigenvalue weighted by Crippen LogP contribution is 2.37. The molecule has 0 bridgehead atoms. The van der Waals surface area contributed by atoms with Crippen molar-refractivity contribution in [1.29, 1.82) is 5.26 Å². The second-order valence-electron chi connectivity index (χ2n) is 5.67. The van der Waals surface area contributed by atoms with Crippen LogP contribution in [0, 0.1) is 29.5 Å². The van der Waals surface area contributed by atoms with Gasteiger partial charge in [0.05, 0.1) is 27.7 Å². The highest BCUT2D eigenvalue weighted by Gasteiger charge is 2.14. The fraction of sp³-hybridized carbons (Fsp3) is 0.143. The average Bonchev–Trinajstić information content (AvgIpc) is 3.08. The van der Waals surface area contributed by atoms with Crippen LogP contribution in [0.15, 0.2) is 34.8 Å². The van der Waals surface area contributed by atoms with Gasteiger partial charge in [-0.1, -0.05) is 5.92 Å². The van der Waals surface area contributed by atoms with Crippen LogP contribution in [0.5, 0.6) is 11.5 Å². The molecule has 1 aromatic heterocycles. The number of nitrogens with zero attached hydrogens (tertiary/aromatic N) is 2. The lowest BCUT2D eigenvalue weighted by Gasteiger charge is -2.13. The van der Waals surface area contributed by atoms with Crippen molar-refractivity contribution in [3.05, 3.63) is 52.0 Å². The van der Waals surface area contributed by atoms with Crippen molar-refractivity contribution in [2.24, 2.45) is 0 Å². The zero-order valence-electron chi connectivity index (χ0n) is 14.9. The number of allylic oxidation sites excluding steroid dienone is 1. The van der Waals surface area contributed by atoms with E-state index < -0.39 is 0 Å². The molecule has 3 aromatic rings. The van der Waals surface area contributed by atoms with Crippen LogP contribution < -0.4 is 9.47 Å². The molecule has 0 atom stereocenters. The molecular weight excluding hydrogens is 425 g/mol. The standard InChI is InChI=1S/C21H15BrFN3O2/c1-3-7-28-20-16(22)9-13(10-19(20)27-4-2)8-14(12-24)21-25-17-6-5-15(23)11-18(17)26-21/h1,5-6,8-11H,4,7H2,2H3,(H,25,26)/b14-8-. The van der Waals surface area contributed by atoms with Crippen LogP contribution in [0.2, 0.25) is 0 Å². The molecule has 5 nitrogen and oxygen atoms in total. The number of nitrogens with one attached hydrogen (secondary N) is 1. The molecule has 1 heterocycles. The number of terminal acetylenes is 1. The maximum absolute atomic E-state index is 13.4. The minimum Gasteiger partial charge on any atom is -0.490 e. The van der Waals surface area contributed by atoms with Crippen molar-refractivity contribution in [2.75, 3.05) is 13.2 Å². The number of rotatable bonds is 6. The van der Waals surface area contributed by atoms with E-state index in [0.29, 0.717) is 50.6 Å². The molecule has 0 saturated heterocycles. The van der Waals surface area contributed by atoms with E-state index in [1.54, 1.807) is 24.3 Å². The van der Waals surface area contributed by atoms with E-state index in [2.05, 4.69) is 37.9 Å². The number of nitriles is 1. The van der Waals surface area contributed by atoms with Crippen molar-refractivity contribution in [2.45, 2.75) is 6.92 Å². The van der Waals surface area contributed by atoms with Gasteiger partial charge in [0.1, 0.15) is 24.3 Å². The van der Waals surface area contributed by atoms with E-state index in [-0.39, 0.29) is 12.4 Å². The highest BCUT2D eigenvalue weighted by atomic mass is 79.9. The number of aromatic amines is 1. The van der Waals surface area contributed by atoms with Gasteiger partial charge in [-0.2, -0.15) is 5.26 Å². The van der Waals surface area contributed by atoms with Gasteiger partial charge in [-0.15, -0.1) is 6.42 Å². The van der Waals surface area contributed by atoms with Crippen molar-refractivity contribution in [3.8, 4) is 29.9 Å². The molecule has 7 heteroatoms. The molecule has 0 aliphatic carbocycles. The Bertz CT molecular complexity index is 1140. The fourth-order valence-corrected chi connectivity index (χ4v) is 3.19. The molecule has 2 aromatic carbocycles. The molecule has 0 radical (unpaired) electrons. The number of halogens is 2. The second-order valence-corrected chi connectivity index (χ2v) is 6.53. The Hall–Kier alpha value is -3.29. The summed E-state index contributed by atoms with van der Waals surface area (Å²) >= 11 is 3.45. The van der Waals surface area contributed by atoms with Crippen molar-refractivity contribution >= 4 is 38.6 Å². The number of hydrogen-bond donors (Lipinski definition) is 1. The van der Waals surface area contributed by atoms with Gasteiger partial charge >= 0.3 is 0 Å². The molecule has 1 N–H and O–H groups in total. The number of imidazole rings is 1. The van der Waals surface area contributed by atoms with Gasteiger partial charge < -0.3 is 14.5 Å². The molecule has 0 unspecified atom stereocenters. The summed E-state index contributed by atoms with van der Waals surface area (Å²) < 4.78 is 25.2. The van der Waals surface area contributed by atoms with Crippen molar-refractivity contribution < 1.29 is 13.9 Å². The number of H-pyrrole nitrogens is 1. The number of ether oxygens (including phenoxy) is 2. The first-order chi connectivity index (χ1) is 13.5. The second kappa shape index (κ2) is 8.60. The SMILES string of the molecule is C#CCOc1c(Br)cc(/C=C(/C#N)c2nc3ccc(F)cc3[nH]2)cc1OCC. The van der Waals surface area contributed by atoms with Crippen LogP contribution >= 0.6 is 15.9 Å². The minimum atomic E-state index is -0.377. The number of hydrogen-bond acceptors (Lipinski definition) is 4. The predicted octanol–water partition coefficient (Wildman–Crippen LogP) is 4.94. The lowest BCUT2D eigenvalue weighted by molar-refractivity contribution is 0.298. The Morgan fingerprint density at radius 2 is 2.18 bits per heavy atom. The van der Waals surface area contributed by atoms with E-state index in [0.717, 1.165) is 0 Å². The minimum absolute atomic E-state index is 0.104. The molecule has 0 saturated carbocycles. The van der Waals surface area contributed by atoms with Gasteiger partial charge in [0.25, 0.3) is 0 Å². The summed E-state index contributed by atoms with van der Waals surface area (Å²) in [5.74, 6) is 3.39. The Labute approximate surface area is 169 Å². The van der Waals surface area contributed by atoms with Gasteiger partial charge in [-0.05, 0) is 64.8 Å². The number of benzene rings is 2. The van der Waals surface area contributed by atoms with Gasteiger partial charge in [0, 0.05) is 0 Å². The Morgan fingerprint density at radius 3 is 2.89 bits per heavy atom. The smallest absolute Gasteiger partial charge is 0.176 e. The normalized spacial score (nSPS) is 11.1. The summed E-state index contributed by atoms with van der Waals surface area (Å²) in [6.07, 6.45) is 6.92. The van der Waals surface area contributed by atoms with Crippen LogP contribution in [-0.2, 0) is 0 Å². The molecule has 0 spiro atoms. The number of fused-ring (bicyclic) bond motifs is 1. The Balaban J connectivity index is 2.03. The summed E-state index contributed by atoms with van der Waals surface area (Å²) in [5, 5.41) is 9.59. The van der Waals surface area contributed by atoms with E-state index in [4.69, 9.17) is 15.9 Å². The summed E-state index contributed by atoms with van der Waals surface area (Å²) in [4.78, 5) is 7.33. The lowest BCUT2D eigenvalue weighted by atomic mass is 10.1. The van der Waals surface area contributed by atoms with Gasteiger partial charge in [0.2, 0.25) is 0 Å². The van der Waals surface area contributed by atoms with E-state index >= 15 is 0 Å². The van der Waals surface area contributed by atoms with Crippen molar-refractivity contribution in [1.82, 2.24) is 9.97 Å². The maximum Gasteiger partial charge on any atom is 0.176 e. The number of aromatic nitrogens is 2. The quantitative estimate of drug-likeness (QED) is 0.436. The Morgan fingerprint density at radius 1 is 1.36 bits per heavy atom. The zero-order chi connectivity index (χ0) is 20.1. The summed E-state index contributed by atoms with van der Waals surface area (Å²) in [6.45, 7) is 2.40. The van der Waals surface area contributed by atoms with Crippen LogP contribution in [0.4, 0.5) is 4.39 Å². The van der Waals surface area contributed by atoms with Crippen LogP contribution in [-0.4, -0.2) is 23.2 Å². The van der Waals surface area contributed by atoms with E-state index in [9.17, 15) is 9.65 Å². The monoisotopic (exact) mass is 439 g/mol. The fourth-order valence-electron chi connectivity index (χ4n) is 2.62. The molecule has 3 rings (SSSR count). The predicted molar refractivity (Wildman–Crippen MR) is 109 cm³/mol. The van der Waals surface area contributed by atoms with E-state index in [1.165, 1.54) is 12.1 Å². The molecule has 0 fully saturated rings. The molecule has 140 valence electrons. The van der Waals surface area contributed by atoms with E-state index in [1.807, 2.05) is 6.92 Å². The summed E-state index contributed by atoms with van der Waals surface area (Å²) in [6, 6.07) is 9.87. The maximum atomic E-state index is 13.4. The first kappa shape index (κ1) is 19.5. The van der Waals surface area contributed by atoms with Crippen LogP contribution in [0.25, 0.3) is 22.7 Å². The van der Waals surface area contributed by atoms with Crippen molar-refractivity contribution in [3.63, 3.8) is 0 Å².